The zero-order chi connectivity index (χ0) is 11.1. The van der Waals surface area contributed by atoms with Crippen LogP contribution in [0.3, 0.4) is 0 Å². The monoisotopic (exact) mass is 210 g/mol. The van der Waals surface area contributed by atoms with Crippen molar-refractivity contribution in [3.05, 3.63) is 35.5 Å². The molecule has 0 amide bonds. The summed E-state index contributed by atoms with van der Waals surface area (Å²) in [7, 11) is 0. The van der Waals surface area contributed by atoms with Gasteiger partial charge in [-0.05, 0) is 25.8 Å². The minimum absolute atomic E-state index is 0.627. The van der Waals surface area contributed by atoms with Gasteiger partial charge >= 0.3 is 0 Å². The van der Waals surface area contributed by atoms with Crippen molar-refractivity contribution in [1.82, 2.24) is 4.57 Å². The molecule has 0 saturated heterocycles. The molecule has 1 aliphatic rings. The van der Waals surface area contributed by atoms with Crippen LogP contribution in [0.4, 0.5) is 0 Å². The van der Waals surface area contributed by atoms with Crippen LogP contribution in [0.5, 0.6) is 0 Å². The first-order valence-electron chi connectivity index (χ1n) is 5.88. The van der Waals surface area contributed by atoms with Gasteiger partial charge in [-0.2, -0.15) is 5.26 Å². The number of rotatable bonds is 2. The molecular formula is C14H14N2. The third kappa shape index (κ3) is 1.18. The molecule has 0 bridgehead atoms. The van der Waals surface area contributed by atoms with Gasteiger partial charge in [-0.1, -0.05) is 18.2 Å². The Balaban J connectivity index is 2.41. The van der Waals surface area contributed by atoms with Crippen LogP contribution in [0, 0.1) is 11.3 Å². The molecule has 2 heteroatoms. The minimum atomic E-state index is 0.627. The van der Waals surface area contributed by atoms with Gasteiger partial charge in [0.1, 0.15) is 6.07 Å². The average molecular weight is 210 g/mol. The summed E-state index contributed by atoms with van der Waals surface area (Å²) >= 11 is 0. The Morgan fingerprint density at radius 1 is 1.38 bits per heavy atom. The lowest BCUT2D eigenvalue weighted by molar-refractivity contribution is 0.739. The third-order valence-electron chi connectivity index (χ3n) is 3.40. The molecule has 1 aliphatic carbocycles. The van der Waals surface area contributed by atoms with Crippen LogP contribution in [0.1, 0.15) is 36.9 Å². The van der Waals surface area contributed by atoms with Crippen molar-refractivity contribution in [2.75, 3.05) is 0 Å². The Morgan fingerprint density at radius 2 is 2.12 bits per heavy atom. The van der Waals surface area contributed by atoms with Crippen molar-refractivity contribution >= 4 is 10.9 Å². The molecule has 1 aromatic carbocycles. The highest BCUT2D eigenvalue weighted by atomic mass is 15.0. The highest BCUT2D eigenvalue weighted by Gasteiger charge is 2.31. The molecule has 0 radical (unpaired) electrons. The fourth-order valence-corrected chi connectivity index (χ4v) is 2.56. The summed E-state index contributed by atoms with van der Waals surface area (Å²) < 4.78 is 2.31. The zero-order valence-electron chi connectivity index (χ0n) is 9.40. The topological polar surface area (TPSA) is 28.7 Å². The fourth-order valence-electron chi connectivity index (χ4n) is 2.56. The maximum atomic E-state index is 9.34. The molecule has 16 heavy (non-hydrogen) atoms. The van der Waals surface area contributed by atoms with E-state index in [0.717, 1.165) is 17.5 Å². The Labute approximate surface area is 95.1 Å². The molecule has 2 nitrogen and oxygen atoms in total. The fraction of sp³-hybridized carbons (Fsp3) is 0.357. The van der Waals surface area contributed by atoms with Crippen molar-refractivity contribution in [3.8, 4) is 6.07 Å². The highest BCUT2D eigenvalue weighted by molar-refractivity contribution is 5.88. The number of hydrogen-bond acceptors (Lipinski definition) is 1. The largest absolute Gasteiger partial charge is 0.343 e. The highest BCUT2D eigenvalue weighted by Crippen LogP contribution is 2.44. The molecule has 0 N–H and O–H groups in total. The normalized spacial score (nSPS) is 15.2. The van der Waals surface area contributed by atoms with E-state index in [4.69, 9.17) is 0 Å². The molecule has 80 valence electrons. The Bertz CT molecular complexity index is 583. The van der Waals surface area contributed by atoms with E-state index in [1.165, 1.54) is 24.1 Å². The summed E-state index contributed by atoms with van der Waals surface area (Å²) in [5.74, 6) is 0.627. The zero-order valence-corrected chi connectivity index (χ0v) is 9.40. The molecule has 0 spiro atoms. The third-order valence-corrected chi connectivity index (χ3v) is 3.40. The summed E-state index contributed by atoms with van der Waals surface area (Å²) in [5, 5.41) is 10.5. The van der Waals surface area contributed by atoms with Gasteiger partial charge in [-0.15, -0.1) is 0 Å². The van der Waals surface area contributed by atoms with E-state index in [-0.39, 0.29) is 0 Å². The van der Waals surface area contributed by atoms with Gasteiger partial charge < -0.3 is 4.57 Å². The summed E-state index contributed by atoms with van der Waals surface area (Å²) in [5.41, 5.74) is 3.38. The second kappa shape index (κ2) is 3.38. The van der Waals surface area contributed by atoms with Gasteiger partial charge in [0.05, 0.1) is 5.56 Å². The van der Waals surface area contributed by atoms with Crippen LogP contribution in [-0.2, 0) is 6.54 Å². The lowest BCUT2D eigenvalue weighted by Crippen LogP contribution is -1.99. The quantitative estimate of drug-likeness (QED) is 0.746. The van der Waals surface area contributed by atoms with Crippen molar-refractivity contribution in [2.45, 2.75) is 32.2 Å². The number of nitrogens with zero attached hydrogens (tertiary/aromatic N) is 2. The Kier molecular flexibility index (Phi) is 2.00. The van der Waals surface area contributed by atoms with E-state index in [1.54, 1.807) is 0 Å². The van der Waals surface area contributed by atoms with Gasteiger partial charge in [-0.3, -0.25) is 0 Å². The molecule has 3 rings (SSSR count). The standard InChI is InChI=1S/C14H14N2/c1-2-16-13-6-4-3-5-11(13)12(9-15)14(16)10-7-8-10/h3-6,10H,2,7-8H2,1H3. The van der Waals surface area contributed by atoms with Crippen LogP contribution in [0.15, 0.2) is 24.3 Å². The maximum absolute atomic E-state index is 9.34. The van der Waals surface area contributed by atoms with E-state index in [2.05, 4.69) is 29.7 Å². The SMILES string of the molecule is CCn1c(C2CC2)c(C#N)c2ccccc21. The van der Waals surface area contributed by atoms with E-state index >= 15 is 0 Å². The summed E-state index contributed by atoms with van der Waals surface area (Å²) in [6, 6.07) is 10.6. The van der Waals surface area contributed by atoms with Crippen molar-refractivity contribution in [1.29, 1.82) is 5.26 Å². The van der Waals surface area contributed by atoms with E-state index < -0.39 is 0 Å². The van der Waals surface area contributed by atoms with E-state index in [1.807, 2.05) is 12.1 Å². The lowest BCUT2D eigenvalue weighted by atomic mass is 10.1. The second-order valence-electron chi connectivity index (χ2n) is 4.41. The molecule has 1 aromatic heterocycles. The van der Waals surface area contributed by atoms with Gasteiger partial charge in [0.2, 0.25) is 0 Å². The van der Waals surface area contributed by atoms with E-state index in [9.17, 15) is 5.26 Å². The number of para-hydroxylation sites is 1. The molecule has 0 atom stereocenters. The average Bonchev–Trinajstić information content (AvgIpc) is 3.10. The molecule has 0 aliphatic heterocycles. The molecule has 0 unspecified atom stereocenters. The number of nitriles is 1. The van der Waals surface area contributed by atoms with Crippen LogP contribution < -0.4 is 0 Å². The second-order valence-corrected chi connectivity index (χ2v) is 4.41. The molecule has 1 heterocycles. The molecule has 1 saturated carbocycles. The number of aryl methyl sites for hydroxylation is 1. The van der Waals surface area contributed by atoms with Crippen molar-refractivity contribution < 1.29 is 0 Å². The van der Waals surface area contributed by atoms with Gasteiger partial charge in [0.15, 0.2) is 0 Å². The van der Waals surface area contributed by atoms with Gasteiger partial charge in [0, 0.05) is 29.1 Å². The van der Waals surface area contributed by atoms with Crippen molar-refractivity contribution in [2.24, 2.45) is 0 Å². The van der Waals surface area contributed by atoms with Crippen molar-refractivity contribution in [3.63, 3.8) is 0 Å². The van der Waals surface area contributed by atoms with Gasteiger partial charge in [0.25, 0.3) is 0 Å². The first kappa shape index (κ1) is 9.47. The minimum Gasteiger partial charge on any atom is -0.343 e. The van der Waals surface area contributed by atoms with Gasteiger partial charge in [-0.25, -0.2) is 0 Å². The van der Waals surface area contributed by atoms with Crippen LogP contribution in [-0.4, -0.2) is 4.57 Å². The van der Waals surface area contributed by atoms with E-state index in [0.29, 0.717) is 5.92 Å². The predicted molar refractivity (Wildman–Crippen MR) is 64.3 cm³/mol. The Morgan fingerprint density at radius 3 is 2.75 bits per heavy atom. The summed E-state index contributed by atoms with van der Waals surface area (Å²) in [4.78, 5) is 0. The Hall–Kier alpha value is -1.75. The smallest absolute Gasteiger partial charge is 0.102 e. The first-order chi connectivity index (χ1) is 7.86. The molecular weight excluding hydrogens is 196 g/mol. The molecule has 2 aromatic rings. The summed E-state index contributed by atoms with van der Waals surface area (Å²) in [6.45, 7) is 3.10. The maximum Gasteiger partial charge on any atom is 0.102 e. The van der Waals surface area contributed by atoms with Crippen LogP contribution in [0.25, 0.3) is 10.9 Å². The lowest BCUT2D eigenvalue weighted by Gasteiger charge is -2.06. The first-order valence-corrected chi connectivity index (χ1v) is 5.88. The number of hydrogen-bond donors (Lipinski definition) is 0. The number of fused-ring (bicyclic) bond motifs is 1. The molecule has 1 fully saturated rings. The van der Waals surface area contributed by atoms with Crippen LogP contribution in [0.2, 0.25) is 0 Å². The summed E-state index contributed by atoms with van der Waals surface area (Å²) in [6.07, 6.45) is 2.48. The predicted octanol–water partition coefficient (Wildman–Crippen LogP) is 3.41. The number of aromatic nitrogens is 1. The van der Waals surface area contributed by atoms with Crippen LogP contribution >= 0.6 is 0 Å². The number of benzene rings is 1.